The summed E-state index contributed by atoms with van der Waals surface area (Å²) in [5.74, 6) is 0. The molecule has 0 aromatic heterocycles. The van der Waals surface area contributed by atoms with Crippen molar-refractivity contribution >= 4 is 21.8 Å². The van der Waals surface area contributed by atoms with Crippen LogP contribution in [0.4, 0.5) is 10.5 Å². The maximum absolute atomic E-state index is 12.7. The van der Waals surface area contributed by atoms with E-state index in [4.69, 9.17) is 4.74 Å². The summed E-state index contributed by atoms with van der Waals surface area (Å²) >= 11 is 0. The molecule has 0 aliphatic rings. The molecule has 7 nitrogen and oxygen atoms in total. The SMILES string of the molecule is CC[C@](CNS(=O)(=O)c1ccc(NC(=O)OC)cc1)(OC)c1ccccc1. The van der Waals surface area contributed by atoms with Gasteiger partial charge in [0.05, 0.1) is 12.0 Å². The lowest BCUT2D eigenvalue weighted by Gasteiger charge is -2.32. The van der Waals surface area contributed by atoms with Gasteiger partial charge < -0.3 is 9.47 Å². The van der Waals surface area contributed by atoms with E-state index in [0.717, 1.165) is 5.56 Å². The fraction of sp³-hybridized carbons (Fsp3) is 0.316. The molecule has 2 aromatic rings. The molecule has 0 bridgehead atoms. The van der Waals surface area contributed by atoms with E-state index in [1.807, 2.05) is 37.3 Å². The van der Waals surface area contributed by atoms with E-state index in [9.17, 15) is 13.2 Å². The molecule has 0 radical (unpaired) electrons. The van der Waals surface area contributed by atoms with Crippen molar-refractivity contribution in [1.82, 2.24) is 4.72 Å². The van der Waals surface area contributed by atoms with Gasteiger partial charge in [-0.1, -0.05) is 37.3 Å². The number of hydrogen-bond donors (Lipinski definition) is 2. The van der Waals surface area contributed by atoms with Crippen molar-refractivity contribution in [2.24, 2.45) is 0 Å². The molecule has 0 aliphatic carbocycles. The zero-order chi connectivity index (χ0) is 19.9. The van der Waals surface area contributed by atoms with Crippen molar-refractivity contribution in [3.63, 3.8) is 0 Å². The molecule has 2 aromatic carbocycles. The van der Waals surface area contributed by atoms with Gasteiger partial charge in [-0.05, 0) is 36.2 Å². The highest BCUT2D eigenvalue weighted by atomic mass is 32.2. The Balaban J connectivity index is 2.16. The first-order chi connectivity index (χ1) is 12.9. The van der Waals surface area contributed by atoms with E-state index in [0.29, 0.717) is 12.1 Å². The summed E-state index contributed by atoms with van der Waals surface area (Å²) < 4.78 is 38.1. The minimum atomic E-state index is -3.75. The van der Waals surface area contributed by atoms with Crippen LogP contribution in [0.5, 0.6) is 0 Å². The second kappa shape index (κ2) is 8.98. The first-order valence-electron chi connectivity index (χ1n) is 8.42. The number of hydrogen-bond acceptors (Lipinski definition) is 5. The van der Waals surface area contributed by atoms with Gasteiger partial charge in [0.15, 0.2) is 0 Å². The summed E-state index contributed by atoms with van der Waals surface area (Å²) in [5, 5.41) is 2.47. The lowest BCUT2D eigenvalue weighted by molar-refractivity contribution is -0.0133. The molecule has 0 saturated carbocycles. The normalized spacial score (nSPS) is 13.6. The van der Waals surface area contributed by atoms with E-state index in [1.54, 1.807) is 7.11 Å². The lowest BCUT2D eigenvalue weighted by atomic mass is 9.91. The molecule has 1 amide bonds. The molecule has 0 heterocycles. The zero-order valence-corrected chi connectivity index (χ0v) is 16.4. The Kier molecular flexibility index (Phi) is 6.95. The summed E-state index contributed by atoms with van der Waals surface area (Å²) in [5.41, 5.74) is 0.570. The molecular formula is C19H24N2O5S. The highest BCUT2D eigenvalue weighted by molar-refractivity contribution is 7.89. The van der Waals surface area contributed by atoms with Gasteiger partial charge in [0.1, 0.15) is 5.60 Å². The summed E-state index contributed by atoms with van der Waals surface area (Å²) in [6.07, 6.45) is -0.0303. The van der Waals surface area contributed by atoms with Gasteiger partial charge in [0.25, 0.3) is 0 Å². The fourth-order valence-electron chi connectivity index (χ4n) is 2.69. The number of methoxy groups -OCH3 is 2. The number of anilines is 1. The Morgan fingerprint density at radius 2 is 1.67 bits per heavy atom. The molecule has 0 spiro atoms. The molecule has 0 aliphatic heterocycles. The van der Waals surface area contributed by atoms with Crippen LogP contribution in [0.25, 0.3) is 0 Å². The van der Waals surface area contributed by atoms with Crippen molar-refractivity contribution < 1.29 is 22.7 Å². The van der Waals surface area contributed by atoms with Gasteiger partial charge in [-0.15, -0.1) is 0 Å². The quantitative estimate of drug-likeness (QED) is 0.720. The van der Waals surface area contributed by atoms with Crippen LogP contribution in [0.3, 0.4) is 0 Å². The standard InChI is InChI=1S/C19H24N2O5S/c1-4-19(26-3,15-8-6-5-7-9-15)14-20-27(23,24)17-12-10-16(11-13-17)21-18(22)25-2/h5-13,20H,4,14H2,1-3H3,(H,21,22)/t19-/m1/s1. The molecule has 0 unspecified atom stereocenters. The fourth-order valence-corrected chi connectivity index (χ4v) is 3.77. The van der Waals surface area contributed by atoms with Crippen LogP contribution in [0.15, 0.2) is 59.5 Å². The lowest BCUT2D eigenvalue weighted by Crippen LogP contribution is -2.41. The third-order valence-corrected chi connectivity index (χ3v) is 5.82. The smallest absolute Gasteiger partial charge is 0.411 e. The molecule has 2 rings (SSSR count). The third kappa shape index (κ3) is 5.06. The van der Waals surface area contributed by atoms with E-state index < -0.39 is 21.7 Å². The van der Waals surface area contributed by atoms with Crippen molar-refractivity contribution in [2.75, 3.05) is 26.1 Å². The van der Waals surface area contributed by atoms with E-state index in [2.05, 4.69) is 14.8 Å². The maximum Gasteiger partial charge on any atom is 0.411 e. The average Bonchev–Trinajstić information content (AvgIpc) is 2.70. The number of nitrogens with one attached hydrogen (secondary N) is 2. The molecule has 27 heavy (non-hydrogen) atoms. The van der Waals surface area contributed by atoms with E-state index >= 15 is 0 Å². The molecule has 1 atom stereocenters. The Labute approximate surface area is 159 Å². The van der Waals surface area contributed by atoms with Crippen LogP contribution in [0.2, 0.25) is 0 Å². The predicted molar refractivity (Wildman–Crippen MR) is 103 cm³/mol. The summed E-state index contributed by atoms with van der Waals surface area (Å²) in [6.45, 7) is 2.03. The van der Waals surface area contributed by atoms with E-state index in [1.165, 1.54) is 31.4 Å². The molecule has 146 valence electrons. The van der Waals surface area contributed by atoms with Crippen molar-refractivity contribution in [1.29, 1.82) is 0 Å². The molecule has 0 saturated heterocycles. The summed E-state index contributed by atoms with van der Waals surface area (Å²) in [4.78, 5) is 11.3. The van der Waals surface area contributed by atoms with Gasteiger partial charge >= 0.3 is 6.09 Å². The summed E-state index contributed by atoms with van der Waals surface area (Å²) in [6, 6.07) is 15.3. The predicted octanol–water partition coefficient (Wildman–Crippen LogP) is 3.10. The zero-order valence-electron chi connectivity index (χ0n) is 15.6. The number of carbonyl (C=O) groups is 1. The van der Waals surface area contributed by atoms with Crippen LogP contribution < -0.4 is 10.0 Å². The highest BCUT2D eigenvalue weighted by Crippen LogP contribution is 2.28. The first-order valence-corrected chi connectivity index (χ1v) is 9.90. The Hall–Kier alpha value is -2.42. The van der Waals surface area contributed by atoms with Crippen molar-refractivity contribution in [3.8, 4) is 0 Å². The van der Waals surface area contributed by atoms with Crippen LogP contribution in [-0.4, -0.2) is 35.3 Å². The maximum atomic E-state index is 12.7. The molecule has 2 N–H and O–H groups in total. The number of carbonyl (C=O) groups excluding carboxylic acids is 1. The van der Waals surface area contributed by atoms with Crippen LogP contribution in [0, 0.1) is 0 Å². The number of ether oxygens (including phenoxy) is 2. The van der Waals surface area contributed by atoms with Crippen molar-refractivity contribution in [3.05, 3.63) is 60.2 Å². The number of sulfonamides is 1. The Bertz CT molecular complexity index is 847. The van der Waals surface area contributed by atoms with Gasteiger partial charge in [-0.25, -0.2) is 17.9 Å². The topological polar surface area (TPSA) is 93.7 Å². The summed E-state index contributed by atoms with van der Waals surface area (Å²) in [7, 11) is -0.928. The number of amides is 1. The number of rotatable bonds is 8. The minimum absolute atomic E-state index is 0.0899. The Morgan fingerprint density at radius 3 is 2.19 bits per heavy atom. The first kappa shape index (κ1) is 20.9. The van der Waals surface area contributed by atoms with Crippen LogP contribution >= 0.6 is 0 Å². The second-order valence-electron chi connectivity index (χ2n) is 5.88. The van der Waals surface area contributed by atoms with Gasteiger partial charge in [0.2, 0.25) is 10.0 Å². The molecule has 0 fully saturated rings. The van der Waals surface area contributed by atoms with Crippen LogP contribution in [-0.2, 0) is 25.1 Å². The second-order valence-corrected chi connectivity index (χ2v) is 7.65. The van der Waals surface area contributed by atoms with Gasteiger partial charge in [-0.2, -0.15) is 0 Å². The molecular weight excluding hydrogens is 368 g/mol. The Morgan fingerprint density at radius 1 is 1.04 bits per heavy atom. The minimum Gasteiger partial charge on any atom is -0.453 e. The van der Waals surface area contributed by atoms with Gasteiger partial charge in [-0.3, -0.25) is 5.32 Å². The largest absolute Gasteiger partial charge is 0.453 e. The van der Waals surface area contributed by atoms with Crippen molar-refractivity contribution in [2.45, 2.75) is 23.8 Å². The van der Waals surface area contributed by atoms with Crippen LogP contribution in [0.1, 0.15) is 18.9 Å². The monoisotopic (exact) mass is 392 g/mol. The highest BCUT2D eigenvalue weighted by Gasteiger charge is 2.32. The number of benzene rings is 2. The van der Waals surface area contributed by atoms with E-state index in [-0.39, 0.29) is 11.4 Å². The third-order valence-electron chi connectivity index (χ3n) is 4.41. The molecule has 8 heteroatoms. The van der Waals surface area contributed by atoms with Gasteiger partial charge in [0, 0.05) is 19.3 Å². The average molecular weight is 392 g/mol.